The molecule has 0 saturated heterocycles. The number of ketones is 2. The summed E-state index contributed by atoms with van der Waals surface area (Å²) in [5.41, 5.74) is 1.55. The Morgan fingerprint density at radius 2 is 0.846 bits per heavy atom. The van der Waals surface area contributed by atoms with Gasteiger partial charge >= 0.3 is 380 Å². The van der Waals surface area contributed by atoms with Crippen molar-refractivity contribution in [3.8, 4) is 0 Å². The van der Waals surface area contributed by atoms with Gasteiger partial charge in [-0.3, -0.25) is 0 Å². The Kier molecular flexibility index (Phi) is 13.0. The van der Waals surface area contributed by atoms with Crippen LogP contribution >= 0.6 is 0 Å². The summed E-state index contributed by atoms with van der Waals surface area (Å²) in [5.74, 6) is -7.35. The van der Waals surface area contributed by atoms with Crippen molar-refractivity contribution < 1.29 is 53.3 Å². The van der Waals surface area contributed by atoms with Gasteiger partial charge in [0.25, 0.3) is 0 Å². The Balaban J connectivity index is 1.37. The van der Waals surface area contributed by atoms with Crippen molar-refractivity contribution in [2.75, 3.05) is 22.9 Å². The number of aryl methyl sites for hydroxylation is 2. The molecule has 2 aliphatic rings. The predicted octanol–water partition coefficient (Wildman–Crippen LogP) is 10.7. The standard InChI is InChI=1S/2C22H16F2NO2.2C5H5.Ti/c2*1-15-7-9-16(10-8-15)21(26)14-25(20-12-11-18(23)13-19(20)24)22(27)17-5-3-2-4-6-17;2*1-2-4-5-3-1;/h2*2-12H,14H2,1H3;2*1-3H,4H2;. The molecule has 8 rings (SSSR count). The van der Waals surface area contributed by atoms with Crippen LogP contribution in [0.1, 0.15) is 65.4 Å². The fourth-order valence-electron chi connectivity index (χ4n) is 8.57. The van der Waals surface area contributed by atoms with E-state index in [2.05, 4.69) is 0 Å². The minimum absolute atomic E-state index is 0.0840. The fraction of sp³-hybridized carbons (Fsp3) is 0.111. The van der Waals surface area contributed by atoms with Crippen LogP contribution in [-0.2, 0) is 16.6 Å². The molecule has 11 heteroatoms. The molecule has 2 aliphatic carbocycles. The third-order valence-corrected chi connectivity index (χ3v) is 19.8. The molecule has 65 heavy (non-hydrogen) atoms. The van der Waals surface area contributed by atoms with Gasteiger partial charge in [0.05, 0.1) is 0 Å². The first-order valence-electron chi connectivity index (χ1n) is 21.0. The third-order valence-electron chi connectivity index (χ3n) is 11.9. The average molecular weight is 907 g/mol. The topological polar surface area (TPSA) is 74.8 Å². The van der Waals surface area contributed by atoms with Crippen LogP contribution in [-0.4, -0.2) is 36.5 Å². The second kappa shape index (κ2) is 19.0. The van der Waals surface area contributed by atoms with E-state index in [0.29, 0.717) is 7.76 Å². The summed E-state index contributed by atoms with van der Waals surface area (Å²) >= 11 is -5.66. The number of halogens is 4. The third kappa shape index (κ3) is 8.67. The average Bonchev–Trinajstić information content (AvgIpc) is 4.07. The zero-order valence-corrected chi connectivity index (χ0v) is 37.1. The summed E-state index contributed by atoms with van der Waals surface area (Å²) < 4.78 is 70.9. The predicted molar refractivity (Wildman–Crippen MR) is 243 cm³/mol. The molecular formula is C54H42F4N2O4Ti. The number of allylic oxidation sites excluding steroid dienone is 8. The molecule has 6 nitrogen and oxygen atoms in total. The fourth-order valence-corrected chi connectivity index (χ4v) is 16.8. The molecule has 324 valence electrons. The summed E-state index contributed by atoms with van der Waals surface area (Å²) in [4.78, 5) is 58.7. The normalized spacial score (nSPS) is 13.1. The van der Waals surface area contributed by atoms with Crippen molar-refractivity contribution in [2.45, 2.75) is 26.7 Å². The molecule has 0 saturated carbocycles. The second-order valence-electron chi connectivity index (χ2n) is 16.0. The summed E-state index contributed by atoms with van der Waals surface area (Å²) in [5, 5.41) is 0. The van der Waals surface area contributed by atoms with Crippen LogP contribution in [0.2, 0.25) is 0 Å². The van der Waals surface area contributed by atoms with Crippen LogP contribution < -0.4 is 17.5 Å². The van der Waals surface area contributed by atoms with E-state index in [1.165, 1.54) is 24.3 Å². The molecule has 0 N–H and O–H groups in total. The maximum atomic E-state index is 18.4. The monoisotopic (exact) mass is 906 g/mol. The molecule has 0 aromatic heterocycles. The summed E-state index contributed by atoms with van der Waals surface area (Å²) in [6.45, 7) is 2.39. The van der Waals surface area contributed by atoms with Crippen molar-refractivity contribution in [2.24, 2.45) is 0 Å². The van der Waals surface area contributed by atoms with Crippen LogP contribution in [0, 0.1) is 37.1 Å². The number of anilines is 2. The van der Waals surface area contributed by atoms with E-state index in [1.807, 2.05) is 13.8 Å². The minimum atomic E-state index is -5.66. The van der Waals surface area contributed by atoms with Crippen LogP contribution in [0.25, 0.3) is 0 Å². The number of rotatable bonds is 14. The summed E-state index contributed by atoms with van der Waals surface area (Å²) in [6, 6.07) is 33.2. The Bertz CT molecular complexity index is 2760. The first-order chi connectivity index (χ1) is 31.4. The number of hydrogen-bond donors (Lipinski definition) is 0. The van der Waals surface area contributed by atoms with Gasteiger partial charge < -0.3 is 0 Å². The van der Waals surface area contributed by atoms with Gasteiger partial charge in [-0.2, -0.15) is 0 Å². The van der Waals surface area contributed by atoms with Crippen LogP contribution in [0.15, 0.2) is 178 Å². The van der Waals surface area contributed by atoms with Crippen molar-refractivity contribution in [3.63, 3.8) is 0 Å². The first kappa shape index (κ1) is 44.6. The zero-order valence-electron chi connectivity index (χ0n) is 35.5. The molecule has 0 bridgehead atoms. The molecule has 0 atom stereocenters. The molecule has 0 fully saturated rings. The number of hydrogen-bond acceptors (Lipinski definition) is 4. The van der Waals surface area contributed by atoms with Gasteiger partial charge in [0.1, 0.15) is 0 Å². The number of Topliss-reactive ketones (excluding diaryl/α,β-unsaturated/α-hetero) is 2. The van der Waals surface area contributed by atoms with Gasteiger partial charge in [0.2, 0.25) is 0 Å². The first-order valence-corrected chi connectivity index (χ1v) is 24.1. The van der Waals surface area contributed by atoms with Gasteiger partial charge in [-0.15, -0.1) is 0 Å². The molecule has 0 spiro atoms. The maximum absolute atomic E-state index is 18.4. The quantitative estimate of drug-likeness (QED) is 0.0620. The van der Waals surface area contributed by atoms with E-state index in [-0.39, 0.29) is 35.1 Å². The Hall–Kier alpha value is -7.01. The molecule has 6 aromatic carbocycles. The van der Waals surface area contributed by atoms with Crippen molar-refractivity contribution >= 4 is 42.5 Å². The number of amides is 2. The van der Waals surface area contributed by atoms with Crippen molar-refractivity contribution in [1.29, 1.82) is 0 Å². The van der Waals surface area contributed by atoms with E-state index < -0.39 is 95.4 Å². The summed E-state index contributed by atoms with van der Waals surface area (Å²) in [7, 11) is 0. The molecule has 0 aliphatic heterocycles. The van der Waals surface area contributed by atoms with Crippen LogP contribution in [0.4, 0.5) is 28.9 Å². The zero-order chi connectivity index (χ0) is 45.8. The number of carbonyl (C=O) groups excluding carboxylic acids is 4. The molecule has 0 heterocycles. The van der Waals surface area contributed by atoms with Crippen LogP contribution in [0.3, 0.4) is 0 Å². The van der Waals surface area contributed by atoms with Gasteiger partial charge in [0, 0.05) is 0 Å². The molecule has 6 aromatic rings. The Morgan fingerprint density at radius 3 is 1.18 bits per heavy atom. The van der Waals surface area contributed by atoms with E-state index in [0.717, 1.165) is 45.2 Å². The molecule has 0 radical (unpaired) electrons. The van der Waals surface area contributed by atoms with Gasteiger partial charge in [-0.1, -0.05) is 0 Å². The number of benzene rings is 6. The van der Waals surface area contributed by atoms with E-state index in [4.69, 9.17) is 0 Å². The second-order valence-corrected chi connectivity index (χ2v) is 21.9. The van der Waals surface area contributed by atoms with Gasteiger partial charge in [-0.05, 0) is 0 Å². The van der Waals surface area contributed by atoms with E-state index in [1.54, 1.807) is 121 Å². The van der Waals surface area contributed by atoms with Crippen molar-refractivity contribution in [1.82, 2.24) is 0 Å². The van der Waals surface area contributed by atoms with E-state index >= 15 is 17.6 Å². The summed E-state index contributed by atoms with van der Waals surface area (Å²) in [6.07, 6.45) is 10.2. The SMILES string of the molecule is Cc1ccc(C(=O)CN(C(=O)c2ccccc2)c2ccc(F)[c]([Ti]([C]3=CC=CC3)([C]3=CC=CC3)[c]3c(F)ccc(N(CC(=O)c4ccc(C)cc4)C(=O)c4ccccc4)c3F)c2F)cc1. The Labute approximate surface area is 377 Å². The van der Waals surface area contributed by atoms with Gasteiger partial charge in [0.15, 0.2) is 0 Å². The van der Waals surface area contributed by atoms with Crippen molar-refractivity contribution in [3.05, 3.63) is 234 Å². The van der Waals surface area contributed by atoms with Crippen LogP contribution in [0.5, 0.6) is 0 Å². The molecular weight excluding hydrogens is 864 g/mol. The molecule has 2 amide bonds. The van der Waals surface area contributed by atoms with E-state index in [9.17, 15) is 19.2 Å². The number of carbonyl (C=O) groups is 4. The molecule has 0 unspecified atom stereocenters. The Morgan fingerprint density at radius 1 is 0.477 bits per heavy atom. The number of nitrogens with zero attached hydrogens (tertiary/aromatic N) is 2. The van der Waals surface area contributed by atoms with Gasteiger partial charge in [-0.25, -0.2) is 0 Å².